The van der Waals surface area contributed by atoms with Crippen molar-refractivity contribution in [1.29, 1.82) is 0 Å². The van der Waals surface area contributed by atoms with E-state index in [1.165, 1.54) is 0 Å². The smallest absolute Gasteiger partial charge is 0.137 e. The molecule has 0 atom stereocenters. The summed E-state index contributed by atoms with van der Waals surface area (Å²) in [5.41, 5.74) is 2.91. The first kappa shape index (κ1) is 8.51. The number of allylic oxidation sites excluding steroid dienone is 1. The van der Waals surface area contributed by atoms with Crippen LogP contribution in [0.4, 0.5) is 0 Å². The minimum Gasteiger partial charge on any atom is -0.306 e. The summed E-state index contributed by atoms with van der Waals surface area (Å²) in [6, 6.07) is 5.93. The van der Waals surface area contributed by atoms with Crippen LogP contribution in [-0.2, 0) is 0 Å². The molecule has 0 aliphatic rings. The second-order valence-corrected chi connectivity index (χ2v) is 3.39. The van der Waals surface area contributed by atoms with Crippen LogP contribution in [0.3, 0.4) is 0 Å². The number of nitrogens with zero attached hydrogens (tertiary/aromatic N) is 2. The number of alkyl halides is 1. The quantitative estimate of drug-likeness (QED) is 0.734. The number of rotatable bonds is 2. The molecule has 0 aromatic carbocycles. The van der Waals surface area contributed by atoms with Crippen LogP contribution in [0, 0.1) is 0 Å². The minimum absolute atomic E-state index is 0.761. The summed E-state index contributed by atoms with van der Waals surface area (Å²) < 4.78 is 1.99. The Labute approximate surface area is 85.0 Å². The highest BCUT2D eigenvalue weighted by molar-refractivity contribution is 9.09. The lowest BCUT2D eigenvalue weighted by molar-refractivity contribution is 1.19. The van der Waals surface area contributed by atoms with Crippen molar-refractivity contribution in [2.75, 3.05) is 5.33 Å². The van der Waals surface area contributed by atoms with Crippen LogP contribution in [-0.4, -0.2) is 14.7 Å². The number of halogens is 1. The third-order valence-corrected chi connectivity index (χ3v) is 2.56. The molecular formula is C10H9BrN2. The Balaban J connectivity index is 2.56. The van der Waals surface area contributed by atoms with Gasteiger partial charge in [0, 0.05) is 17.7 Å². The van der Waals surface area contributed by atoms with E-state index in [9.17, 15) is 0 Å². The molecule has 2 rings (SSSR count). The molecule has 0 spiro atoms. The van der Waals surface area contributed by atoms with Gasteiger partial charge in [0.25, 0.3) is 0 Å². The zero-order valence-corrected chi connectivity index (χ0v) is 8.66. The number of pyridine rings is 1. The highest BCUT2D eigenvalue weighted by atomic mass is 79.9. The summed E-state index contributed by atoms with van der Waals surface area (Å²) in [6.07, 6.45) is 3.96. The summed E-state index contributed by atoms with van der Waals surface area (Å²) in [5.74, 6) is 0. The van der Waals surface area contributed by atoms with Crippen LogP contribution in [0.5, 0.6) is 0 Å². The lowest BCUT2D eigenvalue weighted by Gasteiger charge is -1.91. The molecule has 3 heteroatoms. The van der Waals surface area contributed by atoms with Gasteiger partial charge < -0.3 is 4.40 Å². The Morgan fingerprint density at radius 2 is 2.38 bits per heavy atom. The lowest BCUT2D eigenvalue weighted by atomic mass is 10.3. The van der Waals surface area contributed by atoms with Gasteiger partial charge in [0.2, 0.25) is 0 Å². The summed E-state index contributed by atoms with van der Waals surface area (Å²) in [5, 5.41) is 0.761. The van der Waals surface area contributed by atoms with Crippen LogP contribution in [0.2, 0.25) is 0 Å². The molecule has 2 aromatic heterocycles. The predicted octanol–water partition coefficient (Wildman–Crippen LogP) is 2.74. The van der Waals surface area contributed by atoms with E-state index in [0.717, 1.165) is 22.2 Å². The molecule has 66 valence electrons. The van der Waals surface area contributed by atoms with Gasteiger partial charge in [0.1, 0.15) is 5.65 Å². The predicted molar refractivity (Wildman–Crippen MR) is 58.0 cm³/mol. The zero-order chi connectivity index (χ0) is 9.26. The topological polar surface area (TPSA) is 17.3 Å². The van der Waals surface area contributed by atoms with Gasteiger partial charge in [-0.15, -0.1) is 0 Å². The lowest BCUT2D eigenvalue weighted by Crippen LogP contribution is -1.81. The van der Waals surface area contributed by atoms with Crippen LogP contribution in [0.1, 0.15) is 5.69 Å². The number of hydrogen-bond donors (Lipinski definition) is 0. The Morgan fingerprint density at radius 3 is 3.08 bits per heavy atom. The Bertz CT molecular complexity index is 412. The normalized spacial score (nSPS) is 10.5. The molecule has 0 unspecified atom stereocenters. The molecule has 0 radical (unpaired) electrons. The van der Waals surface area contributed by atoms with Crippen LogP contribution in [0.15, 0.2) is 37.2 Å². The first-order chi connectivity index (χ1) is 6.31. The van der Waals surface area contributed by atoms with Crippen molar-refractivity contribution in [3.8, 4) is 0 Å². The van der Waals surface area contributed by atoms with Gasteiger partial charge in [-0.3, -0.25) is 0 Å². The van der Waals surface area contributed by atoms with Crippen molar-refractivity contribution in [1.82, 2.24) is 9.38 Å². The van der Waals surface area contributed by atoms with E-state index < -0.39 is 0 Å². The van der Waals surface area contributed by atoms with E-state index in [1.807, 2.05) is 35.0 Å². The fourth-order valence-corrected chi connectivity index (χ4v) is 1.46. The molecule has 0 aliphatic carbocycles. The van der Waals surface area contributed by atoms with Gasteiger partial charge in [-0.05, 0) is 17.7 Å². The summed E-state index contributed by atoms with van der Waals surface area (Å²) in [4.78, 5) is 4.42. The molecule has 13 heavy (non-hydrogen) atoms. The molecule has 0 fully saturated rings. The maximum Gasteiger partial charge on any atom is 0.137 e. The van der Waals surface area contributed by atoms with Crippen LogP contribution < -0.4 is 0 Å². The van der Waals surface area contributed by atoms with Gasteiger partial charge in [-0.1, -0.05) is 28.6 Å². The van der Waals surface area contributed by atoms with Crippen molar-refractivity contribution in [2.24, 2.45) is 0 Å². The van der Waals surface area contributed by atoms with E-state index in [4.69, 9.17) is 0 Å². The fourth-order valence-electron chi connectivity index (χ4n) is 1.17. The largest absolute Gasteiger partial charge is 0.306 e. The van der Waals surface area contributed by atoms with Gasteiger partial charge in [0.15, 0.2) is 0 Å². The number of hydrogen-bond acceptors (Lipinski definition) is 1. The first-order valence-corrected chi connectivity index (χ1v) is 5.11. The van der Waals surface area contributed by atoms with Crippen molar-refractivity contribution in [3.63, 3.8) is 0 Å². The number of aromatic nitrogens is 2. The SMILES string of the molecule is C=C(CBr)c1cn2ccccc2n1. The highest BCUT2D eigenvalue weighted by Gasteiger charge is 2.02. The molecule has 0 aliphatic heterocycles. The Kier molecular flexibility index (Phi) is 2.19. The summed E-state index contributed by atoms with van der Waals surface area (Å²) in [6.45, 7) is 3.92. The van der Waals surface area contributed by atoms with E-state index in [1.54, 1.807) is 0 Å². The monoisotopic (exact) mass is 236 g/mol. The summed E-state index contributed by atoms with van der Waals surface area (Å²) in [7, 11) is 0. The van der Waals surface area contributed by atoms with E-state index in [-0.39, 0.29) is 0 Å². The molecule has 0 amide bonds. The maximum atomic E-state index is 4.42. The summed E-state index contributed by atoms with van der Waals surface area (Å²) >= 11 is 3.36. The number of fused-ring (bicyclic) bond motifs is 1. The van der Waals surface area contributed by atoms with Gasteiger partial charge in [-0.2, -0.15) is 0 Å². The van der Waals surface area contributed by atoms with E-state index in [2.05, 4.69) is 27.5 Å². The standard InChI is InChI=1S/C10H9BrN2/c1-8(6-11)9-7-13-5-3-2-4-10(13)12-9/h2-5,7H,1,6H2. The first-order valence-electron chi connectivity index (χ1n) is 3.99. The van der Waals surface area contributed by atoms with Crippen molar-refractivity contribution >= 4 is 27.2 Å². The molecule has 0 saturated carbocycles. The van der Waals surface area contributed by atoms with Gasteiger partial charge in [0.05, 0.1) is 5.69 Å². The average molecular weight is 237 g/mol. The average Bonchev–Trinajstić information content (AvgIpc) is 2.59. The third kappa shape index (κ3) is 1.52. The Morgan fingerprint density at radius 1 is 1.54 bits per heavy atom. The van der Waals surface area contributed by atoms with E-state index in [0.29, 0.717) is 0 Å². The van der Waals surface area contributed by atoms with E-state index >= 15 is 0 Å². The second-order valence-electron chi connectivity index (χ2n) is 2.83. The molecule has 0 N–H and O–H groups in total. The van der Waals surface area contributed by atoms with Crippen molar-refractivity contribution in [3.05, 3.63) is 42.9 Å². The highest BCUT2D eigenvalue weighted by Crippen LogP contribution is 2.14. The molecule has 0 saturated heterocycles. The molecule has 0 bridgehead atoms. The third-order valence-electron chi connectivity index (χ3n) is 1.89. The second kappa shape index (κ2) is 3.34. The van der Waals surface area contributed by atoms with Crippen LogP contribution >= 0.6 is 15.9 Å². The van der Waals surface area contributed by atoms with Crippen molar-refractivity contribution < 1.29 is 0 Å². The molecule has 2 aromatic rings. The van der Waals surface area contributed by atoms with Gasteiger partial charge >= 0.3 is 0 Å². The van der Waals surface area contributed by atoms with Crippen molar-refractivity contribution in [2.45, 2.75) is 0 Å². The van der Waals surface area contributed by atoms with Crippen LogP contribution in [0.25, 0.3) is 11.2 Å². The maximum absolute atomic E-state index is 4.42. The molecule has 2 heterocycles. The molecule has 2 nitrogen and oxygen atoms in total. The molecular weight excluding hydrogens is 228 g/mol. The minimum atomic E-state index is 0.761. The van der Waals surface area contributed by atoms with Gasteiger partial charge in [-0.25, -0.2) is 4.98 Å². The number of imidazole rings is 1. The zero-order valence-electron chi connectivity index (χ0n) is 7.07. The fraction of sp³-hybridized carbons (Fsp3) is 0.100. The Hall–Kier alpha value is -1.09.